The van der Waals surface area contributed by atoms with E-state index >= 15 is 0 Å². The van der Waals surface area contributed by atoms with Crippen molar-refractivity contribution in [3.05, 3.63) is 78.3 Å². The summed E-state index contributed by atoms with van der Waals surface area (Å²) in [6.45, 7) is 1.63. The van der Waals surface area contributed by atoms with E-state index in [2.05, 4.69) is 41.2 Å². The molecular weight excluding hydrogens is 436 g/mol. The maximum absolute atomic E-state index is 12.2. The van der Waals surface area contributed by atoms with Crippen LogP contribution in [-0.4, -0.2) is 57.2 Å². The molecular formula is C22H26N10O2. The summed E-state index contributed by atoms with van der Waals surface area (Å²) in [6, 6.07) is 11.1. The number of rotatable bonds is 12. The lowest BCUT2D eigenvalue weighted by Gasteiger charge is -2.10. The van der Waals surface area contributed by atoms with Crippen molar-refractivity contribution in [2.45, 2.75) is 45.1 Å². The van der Waals surface area contributed by atoms with Gasteiger partial charge in [0.05, 0.1) is 24.6 Å². The standard InChI is InChI=1S/C22H26N10O2/c33-21(13-17-7-1-3-9-23-17)26-20-16-32(30-28-20)12-6-5-11-31-15-19(27-29-31)22(34)25-14-18-8-2-4-10-24-18/h1-4,7-10,15-16,21,26,33H,5-6,11-14H2,(H,25,34). The van der Waals surface area contributed by atoms with E-state index in [1.54, 1.807) is 34.2 Å². The summed E-state index contributed by atoms with van der Waals surface area (Å²) in [4.78, 5) is 20.6. The average Bonchev–Trinajstić information content (AvgIpc) is 3.51. The Morgan fingerprint density at radius 3 is 2.29 bits per heavy atom. The van der Waals surface area contributed by atoms with E-state index in [-0.39, 0.29) is 11.6 Å². The van der Waals surface area contributed by atoms with Gasteiger partial charge in [-0.3, -0.25) is 24.1 Å². The molecule has 1 amide bonds. The second kappa shape index (κ2) is 11.6. The lowest BCUT2D eigenvalue weighted by molar-refractivity contribution is 0.0945. The molecule has 0 fully saturated rings. The molecule has 4 aromatic rings. The molecule has 4 heterocycles. The fraction of sp³-hybridized carbons (Fsp3) is 0.318. The maximum Gasteiger partial charge on any atom is 0.273 e. The molecule has 0 radical (unpaired) electrons. The number of aryl methyl sites for hydroxylation is 2. The fourth-order valence-electron chi connectivity index (χ4n) is 3.24. The Morgan fingerprint density at radius 2 is 1.59 bits per heavy atom. The van der Waals surface area contributed by atoms with Crippen molar-refractivity contribution >= 4 is 11.7 Å². The number of anilines is 1. The minimum atomic E-state index is -0.803. The summed E-state index contributed by atoms with van der Waals surface area (Å²) < 4.78 is 3.37. The van der Waals surface area contributed by atoms with Gasteiger partial charge < -0.3 is 15.7 Å². The molecule has 0 bridgehead atoms. The zero-order chi connectivity index (χ0) is 23.6. The van der Waals surface area contributed by atoms with Crippen LogP contribution in [-0.2, 0) is 26.1 Å². The van der Waals surface area contributed by atoms with Gasteiger partial charge in [0.25, 0.3) is 5.91 Å². The lowest BCUT2D eigenvalue weighted by atomic mass is 10.2. The van der Waals surface area contributed by atoms with Crippen LogP contribution in [0.4, 0.5) is 5.82 Å². The van der Waals surface area contributed by atoms with Gasteiger partial charge in [-0.2, -0.15) is 0 Å². The minimum Gasteiger partial charge on any atom is -0.373 e. The Morgan fingerprint density at radius 1 is 0.912 bits per heavy atom. The molecule has 3 N–H and O–H groups in total. The van der Waals surface area contributed by atoms with Crippen LogP contribution in [0.2, 0.25) is 0 Å². The highest BCUT2D eigenvalue weighted by atomic mass is 16.3. The van der Waals surface area contributed by atoms with Crippen molar-refractivity contribution in [1.29, 1.82) is 0 Å². The van der Waals surface area contributed by atoms with Crippen LogP contribution in [0, 0.1) is 0 Å². The Kier molecular flexibility index (Phi) is 7.85. The average molecular weight is 463 g/mol. The van der Waals surface area contributed by atoms with Crippen molar-refractivity contribution in [1.82, 2.24) is 45.3 Å². The summed E-state index contributed by atoms with van der Waals surface area (Å²) in [6.07, 6.45) is 7.98. The van der Waals surface area contributed by atoms with E-state index < -0.39 is 6.23 Å². The minimum absolute atomic E-state index is 0.271. The van der Waals surface area contributed by atoms with Gasteiger partial charge >= 0.3 is 0 Å². The van der Waals surface area contributed by atoms with E-state index in [0.29, 0.717) is 31.9 Å². The van der Waals surface area contributed by atoms with Gasteiger partial charge in [-0.05, 0) is 37.1 Å². The highest BCUT2D eigenvalue weighted by Crippen LogP contribution is 2.07. The smallest absolute Gasteiger partial charge is 0.273 e. The molecule has 4 rings (SSSR count). The van der Waals surface area contributed by atoms with E-state index in [0.717, 1.165) is 24.2 Å². The van der Waals surface area contributed by atoms with Crippen LogP contribution in [0.3, 0.4) is 0 Å². The molecule has 34 heavy (non-hydrogen) atoms. The Hall–Kier alpha value is -4.19. The van der Waals surface area contributed by atoms with Crippen LogP contribution in [0.5, 0.6) is 0 Å². The molecule has 0 saturated heterocycles. The lowest BCUT2D eigenvalue weighted by Crippen LogP contribution is -2.23. The number of aliphatic hydroxyl groups excluding tert-OH is 1. The zero-order valence-corrected chi connectivity index (χ0v) is 18.5. The third-order valence-electron chi connectivity index (χ3n) is 4.93. The van der Waals surface area contributed by atoms with Crippen LogP contribution in [0.1, 0.15) is 34.7 Å². The number of amides is 1. The van der Waals surface area contributed by atoms with E-state index in [9.17, 15) is 9.90 Å². The first-order valence-corrected chi connectivity index (χ1v) is 11.0. The molecule has 0 aliphatic rings. The van der Waals surface area contributed by atoms with Gasteiger partial charge in [0, 0.05) is 37.6 Å². The van der Waals surface area contributed by atoms with Crippen molar-refractivity contribution in [3.63, 3.8) is 0 Å². The quantitative estimate of drug-likeness (QED) is 0.207. The molecule has 12 nitrogen and oxygen atoms in total. The number of unbranched alkanes of at least 4 members (excludes halogenated alkanes) is 1. The summed E-state index contributed by atoms with van der Waals surface area (Å²) >= 11 is 0. The monoisotopic (exact) mass is 462 g/mol. The summed E-state index contributed by atoms with van der Waals surface area (Å²) in [5, 5.41) is 31.9. The van der Waals surface area contributed by atoms with Crippen molar-refractivity contribution < 1.29 is 9.90 Å². The van der Waals surface area contributed by atoms with Gasteiger partial charge in [0.2, 0.25) is 0 Å². The molecule has 0 aromatic carbocycles. The van der Waals surface area contributed by atoms with Gasteiger partial charge in [0.15, 0.2) is 11.5 Å². The predicted octanol–water partition coefficient (Wildman–Crippen LogP) is 1.04. The summed E-state index contributed by atoms with van der Waals surface area (Å²) in [7, 11) is 0. The van der Waals surface area contributed by atoms with Crippen LogP contribution >= 0.6 is 0 Å². The molecule has 1 atom stereocenters. The summed E-state index contributed by atoms with van der Waals surface area (Å²) in [5.41, 5.74) is 1.83. The van der Waals surface area contributed by atoms with E-state index in [1.165, 1.54) is 0 Å². The second-order valence-electron chi connectivity index (χ2n) is 7.63. The first-order chi connectivity index (χ1) is 16.7. The zero-order valence-electron chi connectivity index (χ0n) is 18.5. The number of hydrogen-bond acceptors (Lipinski definition) is 9. The highest BCUT2D eigenvalue weighted by molar-refractivity contribution is 5.91. The van der Waals surface area contributed by atoms with Crippen molar-refractivity contribution in [2.75, 3.05) is 5.32 Å². The Labute approximate surface area is 196 Å². The highest BCUT2D eigenvalue weighted by Gasteiger charge is 2.11. The van der Waals surface area contributed by atoms with Gasteiger partial charge in [-0.25, -0.2) is 0 Å². The summed E-state index contributed by atoms with van der Waals surface area (Å²) in [5.74, 6) is 0.214. The molecule has 12 heteroatoms. The topological polar surface area (TPSA) is 149 Å². The molecule has 0 saturated carbocycles. The number of carbonyl (C=O) groups excluding carboxylic acids is 1. The fourth-order valence-corrected chi connectivity index (χ4v) is 3.24. The van der Waals surface area contributed by atoms with Crippen LogP contribution in [0.15, 0.2) is 61.2 Å². The van der Waals surface area contributed by atoms with Gasteiger partial charge in [-0.1, -0.05) is 22.6 Å². The number of nitrogens with zero attached hydrogens (tertiary/aromatic N) is 8. The molecule has 1 unspecified atom stereocenters. The first kappa shape index (κ1) is 23.0. The largest absolute Gasteiger partial charge is 0.373 e. The second-order valence-corrected chi connectivity index (χ2v) is 7.63. The number of aliphatic hydroxyl groups is 1. The normalized spacial score (nSPS) is 11.8. The maximum atomic E-state index is 12.2. The molecule has 0 aliphatic carbocycles. The number of aromatic nitrogens is 8. The molecule has 4 aromatic heterocycles. The third kappa shape index (κ3) is 6.90. The van der Waals surface area contributed by atoms with Crippen LogP contribution < -0.4 is 10.6 Å². The van der Waals surface area contributed by atoms with Crippen molar-refractivity contribution in [2.24, 2.45) is 0 Å². The van der Waals surface area contributed by atoms with Crippen LogP contribution in [0.25, 0.3) is 0 Å². The van der Waals surface area contributed by atoms with E-state index in [4.69, 9.17) is 0 Å². The molecule has 0 spiro atoms. The van der Waals surface area contributed by atoms with E-state index in [1.807, 2.05) is 36.4 Å². The number of hydrogen-bond donors (Lipinski definition) is 3. The van der Waals surface area contributed by atoms with Gasteiger partial charge in [0.1, 0.15) is 6.23 Å². The Bertz CT molecular complexity index is 1160. The molecule has 176 valence electrons. The SMILES string of the molecule is O=C(NCc1ccccn1)c1cn(CCCCn2cc(NC(O)Cc3ccccn3)nn2)nn1. The number of nitrogens with one attached hydrogen (secondary N) is 2. The number of pyridine rings is 2. The molecule has 0 aliphatic heterocycles. The Balaban J connectivity index is 1.15. The van der Waals surface area contributed by atoms with Gasteiger partial charge in [-0.15, -0.1) is 10.2 Å². The first-order valence-electron chi connectivity index (χ1n) is 11.0. The van der Waals surface area contributed by atoms with Crippen molar-refractivity contribution in [3.8, 4) is 0 Å². The third-order valence-corrected chi connectivity index (χ3v) is 4.93. The number of carbonyl (C=O) groups is 1. The predicted molar refractivity (Wildman–Crippen MR) is 122 cm³/mol.